The Hall–Kier alpha value is -2.28. The van der Waals surface area contributed by atoms with Crippen LogP contribution in [0.4, 0.5) is 0 Å². The summed E-state index contributed by atoms with van der Waals surface area (Å²) in [4.78, 5) is 39.4. The fourth-order valence-corrected chi connectivity index (χ4v) is 2.48. The molecular weight excluding hydrogens is 314 g/mol. The summed E-state index contributed by atoms with van der Waals surface area (Å²) in [5.74, 6) is -5.09. The molecule has 2 fully saturated rings. The SMILES string of the molecule is CC1(C)OC(=O)C(C(=O)C2CCOCC2)C(=O)O1.c1ccncc1. The van der Waals surface area contributed by atoms with E-state index in [1.165, 1.54) is 13.8 Å². The molecule has 7 heteroatoms. The van der Waals surface area contributed by atoms with Gasteiger partial charge in [-0.05, 0) is 25.0 Å². The Morgan fingerprint density at radius 3 is 2.00 bits per heavy atom. The summed E-state index contributed by atoms with van der Waals surface area (Å²) in [6.07, 6.45) is 4.55. The third-order valence-electron chi connectivity index (χ3n) is 3.64. The van der Waals surface area contributed by atoms with Gasteiger partial charge in [0.15, 0.2) is 5.78 Å². The molecule has 0 bridgehead atoms. The molecule has 0 aliphatic carbocycles. The Bertz CT molecular complexity index is 533. The molecule has 0 aromatic carbocycles. The maximum atomic E-state index is 12.1. The van der Waals surface area contributed by atoms with E-state index in [1.54, 1.807) is 12.4 Å². The summed E-state index contributed by atoms with van der Waals surface area (Å²) in [5.41, 5.74) is 0. The summed E-state index contributed by atoms with van der Waals surface area (Å²) in [6, 6.07) is 5.72. The monoisotopic (exact) mass is 335 g/mol. The van der Waals surface area contributed by atoms with Gasteiger partial charge in [0.2, 0.25) is 5.92 Å². The van der Waals surface area contributed by atoms with Gasteiger partial charge in [-0.25, -0.2) is 0 Å². The minimum absolute atomic E-state index is 0.329. The van der Waals surface area contributed by atoms with Gasteiger partial charge >= 0.3 is 11.9 Å². The van der Waals surface area contributed by atoms with Gasteiger partial charge in [0.05, 0.1) is 0 Å². The molecule has 0 unspecified atom stereocenters. The van der Waals surface area contributed by atoms with Crippen molar-refractivity contribution in [3.05, 3.63) is 30.6 Å². The zero-order chi connectivity index (χ0) is 17.6. The average Bonchev–Trinajstić information content (AvgIpc) is 2.56. The molecule has 2 saturated heterocycles. The normalized spacial score (nSPS) is 21.1. The van der Waals surface area contributed by atoms with Crippen LogP contribution in [0, 0.1) is 11.8 Å². The Morgan fingerprint density at radius 2 is 1.58 bits per heavy atom. The van der Waals surface area contributed by atoms with Gasteiger partial charge in [0.1, 0.15) is 0 Å². The van der Waals surface area contributed by atoms with E-state index in [2.05, 4.69) is 4.98 Å². The van der Waals surface area contributed by atoms with Gasteiger partial charge in [-0.1, -0.05) is 6.07 Å². The van der Waals surface area contributed by atoms with Crippen LogP contribution in [0.2, 0.25) is 0 Å². The lowest BCUT2D eigenvalue weighted by atomic mass is 9.87. The number of cyclic esters (lactones) is 2. The molecule has 3 rings (SSSR count). The molecule has 0 N–H and O–H groups in total. The first-order valence-corrected chi connectivity index (χ1v) is 7.83. The van der Waals surface area contributed by atoms with Crippen LogP contribution in [0.15, 0.2) is 30.6 Å². The maximum absolute atomic E-state index is 12.1. The lowest BCUT2D eigenvalue weighted by Crippen LogP contribution is -2.50. The molecule has 1 aromatic rings. The van der Waals surface area contributed by atoms with E-state index >= 15 is 0 Å². The highest BCUT2D eigenvalue weighted by Gasteiger charge is 2.48. The maximum Gasteiger partial charge on any atom is 0.331 e. The quantitative estimate of drug-likeness (QED) is 0.597. The molecule has 24 heavy (non-hydrogen) atoms. The number of rotatable bonds is 2. The van der Waals surface area contributed by atoms with E-state index in [4.69, 9.17) is 14.2 Å². The van der Waals surface area contributed by atoms with Crippen molar-refractivity contribution in [3.63, 3.8) is 0 Å². The van der Waals surface area contributed by atoms with E-state index < -0.39 is 29.4 Å². The van der Waals surface area contributed by atoms with E-state index in [1.807, 2.05) is 18.2 Å². The van der Waals surface area contributed by atoms with Crippen LogP contribution in [-0.2, 0) is 28.6 Å². The summed E-state index contributed by atoms with van der Waals surface area (Å²) in [5, 5.41) is 0. The van der Waals surface area contributed by atoms with Crippen LogP contribution in [0.1, 0.15) is 26.7 Å². The predicted molar refractivity (Wildman–Crippen MR) is 82.5 cm³/mol. The molecule has 3 heterocycles. The molecule has 0 saturated carbocycles. The summed E-state index contributed by atoms with van der Waals surface area (Å²) < 4.78 is 15.0. The Kier molecular flexibility index (Phi) is 6.03. The van der Waals surface area contributed by atoms with E-state index in [0.29, 0.717) is 26.1 Å². The molecular formula is C17H21NO6. The molecule has 2 aliphatic rings. The predicted octanol–water partition coefficient (Wildman–Crippen LogP) is 1.52. The standard InChI is InChI=1S/C12H16O6.C5H5N/c1-12(2)17-10(14)8(11(15)18-12)9(13)7-3-5-16-6-4-7;1-2-4-6-5-3-1/h7-8H,3-6H2,1-2H3;1-5H. The lowest BCUT2D eigenvalue weighted by molar-refractivity contribution is -0.238. The highest BCUT2D eigenvalue weighted by molar-refractivity contribution is 6.16. The van der Waals surface area contributed by atoms with Gasteiger partial charge in [-0.3, -0.25) is 19.4 Å². The average molecular weight is 335 g/mol. The first kappa shape index (κ1) is 18.1. The number of hydrogen-bond acceptors (Lipinski definition) is 7. The van der Waals surface area contributed by atoms with Crippen molar-refractivity contribution < 1.29 is 28.6 Å². The minimum atomic E-state index is -1.43. The van der Waals surface area contributed by atoms with Gasteiger partial charge < -0.3 is 14.2 Å². The van der Waals surface area contributed by atoms with Gasteiger partial charge in [0, 0.05) is 45.4 Å². The highest BCUT2D eigenvalue weighted by atomic mass is 16.7. The molecule has 0 amide bonds. The fraction of sp³-hybridized carbons (Fsp3) is 0.529. The summed E-state index contributed by atoms with van der Waals surface area (Å²) in [6.45, 7) is 3.85. The van der Waals surface area contributed by atoms with Gasteiger partial charge in [0.25, 0.3) is 5.79 Å². The Morgan fingerprint density at radius 1 is 1.04 bits per heavy atom. The number of ether oxygens (including phenoxy) is 3. The topological polar surface area (TPSA) is 91.8 Å². The van der Waals surface area contributed by atoms with Crippen LogP contribution in [0.3, 0.4) is 0 Å². The zero-order valence-electron chi connectivity index (χ0n) is 13.8. The number of ketones is 1. The third-order valence-corrected chi connectivity index (χ3v) is 3.64. The van der Waals surface area contributed by atoms with E-state index in [9.17, 15) is 14.4 Å². The smallest absolute Gasteiger partial charge is 0.331 e. The second-order valence-corrected chi connectivity index (χ2v) is 5.99. The second kappa shape index (κ2) is 8.01. The van der Waals surface area contributed by atoms with Crippen LogP contribution in [0.5, 0.6) is 0 Å². The Balaban J connectivity index is 0.000000292. The van der Waals surface area contributed by atoms with Gasteiger partial charge in [-0.2, -0.15) is 0 Å². The van der Waals surface area contributed by atoms with E-state index in [0.717, 1.165) is 0 Å². The molecule has 7 nitrogen and oxygen atoms in total. The lowest BCUT2D eigenvalue weighted by Gasteiger charge is -2.33. The van der Waals surface area contributed by atoms with Crippen LogP contribution >= 0.6 is 0 Å². The number of Topliss-reactive ketones (excluding diaryl/α,β-unsaturated/α-hetero) is 1. The van der Waals surface area contributed by atoms with Crippen LogP contribution < -0.4 is 0 Å². The summed E-state index contributed by atoms with van der Waals surface area (Å²) >= 11 is 0. The van der Waals surface area contributed by atoms with Crippen molar-refractivity contribution in [2.24, 2.45) is 11.8 Å². The number of pyridine rings is 1. The zero-order valence-corrected chi connectivity index (χ0v) is 13.8. The number of esters is 2. The number of aromatic nitrogens is 1. The largest absolute Gasteiger partial charge is 0.422 e. The minimum Gasteiger partial charge on any atom is -0.422 e. The number of hydrogen-bond donors (Lipinski definition) is 0. The third kappa shape index (κ3) is 4.86. The molecule has 130 valence electrons. The number of nitrogens with zero attached hydrogens (tertiary/aromatic N) is 1. The van der Waals surface area contributed by atoms with Crippen molar-refractivity contribution >= 4 is 17.7 Å². The van der Waals surface area contributed by atoms with Crippen molar-refractivity contribution in [2.75, 3.05) is 13.2 Å². The van der Waals surface area contributed by atoms with Crippen LogP contribution in [-0.4, -0.2) is 41.7 Å². The van der Waals surface area contributed by atoms with Crippen LogP contribution in [0.25, 0.3) is 0 Å². The van der Waals surface area contributed by atoms with Crippen molar-refractivity contribution in [1.29, 1.82) is 0 Å². The fourth-order valence-electron chi connectivity index (χ4n) is 2.48. The Labute approximate surface area is 140 Å². The highest BCUT2D eigenvalue weighted by Crippen LogP contribution is 2.28. The van der Waals surface area contributed by atoms with Gasteiger partial charge in [-0.15, -0.1) is 0 Å². The first-order valence-electron chi connectivity index (χ1n) is 7.83. The van der Waals surface area contributed by atoms with Crippen molar-refractivity contribution in [3.8, 4) is 0 Å². The summed E-state index contributed by atoms with van der Waals surface area (Å²) in [7, 11) is 0. The number of carbonyl (C=O) groups is 3. The van der Waals surface area contributed by atoms with Crippen molar-refractivity contribution in [1.82, 2.24) is 4.98 Å². The molecule has 0 atom stereocenters. The molecule has 2 aliphatic heterocycles. The first-order chi connectivity index (χ1) is 11.4. The molecule has 1 aromatic heterocycles. The van der Waals surface area contributed by atoms with E-state index in [-0.39, 0.29) is 5.92 Å². The second-order valence-electron chi connectivity index (χ2n) is 5.99. The number of carbonyl (C=O) groups excluding carboxylic acids is 3. The molecule has 0 radical (unpaired) electrons. The van der Waals surface area contributed by atoms with Crippen molar-refractivity contribution in [2.45, 2.75) is 32.5 Å². The molecule has 0 spiro atoms.